The minimum atomic E-state index is -2.65. The molecule has 2 fully saturated rings. The number of nitrogens with zero attached hydrogens (tertiary/aromatic N) is 6. The summed E-state index contributed by atoms with van der Waals surface area (Å²) in [7, 11) is 0. The van der Waals surface area contributed by atoms with Crippen molar-refractivity contribution in [3.05, 3.63) is 76.3 Å². The van der Waals surface area contributed by atoms with E-state index in [1.54, 1.807) is 12.1 Å². The van der Waals surface area contributed by atoms with Crippen molar-refractivity contribution in [2.45, 2.75) is 51.6 Å². The summed E-state index contributed by atoms with van der Waals surface area (Å²) in [6.07, 6.45) is 1.82. The summed E-state index contributed by atoms with van der Waals surface area (Å²) in [5.41, 5.74) is 2.95. The first kappa shape index (κ1) is 28.3. The topological polar surface area (TPSA) is 115 Å². The van der Waals surface area contributed by atoms with Gasteiger partial charge in [0.2, 0.25) is 17.6 Å². The molecule has 12 heteroatoms. The van der Waals surface area contributed by atoms with Gasteiger partial charge in [0.1, 0.15) is 11.2 Å². The van der Waals surface area contributed by atoms with Crippen LogP contribution in [0.4, 0.5) is 14.7 Å². The number of benzene rings is 2. The quantitative estimate of drug-likeness (QED) is 0.235. The fourth-order valence-corrected chi connectivity index (χ4v) is 6.44. The number of halogens is 2. The van der Waals surface area contributed by atoms with Crippen LogP contribution in [-0.2, 0) is 11.3 Å². The van der Waals surface area contributed by atoms with Gasteiger partial charge in [0, 0.05) is 24.2 Å². The molecule has 5 aromatic rings. The van der Waals surface area contributed by atoms with Crippen LogP contribution in [0.2, 0.25) is 0 Å². The number of fused-ring (bicyclic) bond motifs is 1. The number of morpholine rings is 1. The predicted molar refractivity (Wildman–Crippen MR) is 160 cm³/mol. The number of hydrogen-bond donors (Lipinski definition) is 1. The van der Waals surface area contributed by atoms with Crippen LogP contribution < -0.4 is 10.7 Å². The normalized spacial score (nSPS) is 20.9. The Morgan fingerprint density at radius 2 is 1.84 bits per heavy atom. The Hall–Kier alpha value is -4.45. The van der Waals surface area contributed by atoms with Gasteiger partial charge in [0.25, 0.3) is 6.43 Å². The van der Waals surface area contributed by atoms with Crippen LogP contribution in [0.15, 0.2) is 63.9 Å². The average molecular weight is 602 g/mol. The van der Waals surface area contributed by atoms with E-state index in [1.165, 1.54) is 12.1 Å². The van der Waals surface area contributed by atoms with Crippen LogP contribution >= 0.6 is 0 Å². The lowest BCUT2D eigenvalue weighted by molar-refractivity contribution is 0.0927. The molecule has 7 rings (SSSR count). The van der Waals surface area contributed by atoms with Gasteiger partial charge in [-0.3, -0.25) is 9.51 Å². The van der Waals surface area contributed by atoms with E-state index in [4.69, 9.17) is 24.2 Å². The first-order valence-corrected chi connectivity index (χ1v) is 15.1. The molecule has 44 heavy (non-hydrogen) atoms. The van der Waals surface area contributed by atoms with Crippen molar-refractivity contribution in [2.24, 2.45) is 11.8 Å². The SMILES string of the molecule is CC1CCC(Cn2c(N3CCOC[C@H]3c3ccccc3)nc3nc(-c4noc(=O)[nH]4)nc(-c4cccc(C(F)F)c4)c32)CC1. The van der Waals surface area contributed by atoms with Crippen molar-refractivity contribution < 1.29 is 18.0 Å². The molecule has 2 aliphatic rings. The summed E-state index contributed by atoms with van der Waals surface area (Å²) in [5, 5.41) is 3.80. The first-order valence-electron chi connectivity index (χ1n) is 15.1. The van der Waals surface area contributed by atoms with Crippen molar-refractivity contribution in [3.63, 3.8) is 0 Å². The Balaban J connectivity index is 1.46. The number of hydrogen-bond acceptors (Lipinski definition) is 8. The Labute approximate surface area is 252 Å². The third-order valence-electron chi connectivity index (χ3n) is 8.79. The Morgan fingerprint density at radius 3 is 2.59 bits per heavy atom. The summed E-state index contributed by atoms with van der Waals surface area (Å²) in [6, 6.07) is 16.3. The molecule has 228 valence electrons. The van der Waals surface area contributed by atoms with Crippen LogP contribution in [0.25, 0.3) is 34.1 Å². The Bertz CT molecular complexity index is 1810. The van der Waals surface area contributed by atoms with Crippen LogP contribution in [-0.4, -0.2) is 49.4 Å². The van der Waals surface area contributed by atoms with Crippen LogP contribution in [0.3, 0.4) is 0 Å². The molecule has 3 aromatic heterocycles. The van der Waals surface area contributed by atoms with Crippen molar-refractivity contribution in [1.82, 2.24) is 29.7 Å². The highest BCUT2D eigenvalue weighted by Gasteiger charge is 2.32. The van der Waals surface area contributed by atoms with Crippen LogP contribution in [0.1, 0.15) is 56.2 Å². The molecule has 0 bridgehead atoms. The van der Waals surface area contributed by atoms with E-state index in [2.05, 4.69) is 38.7 Å². The smallest absolute Gasteiger partial charge is 0.377 e. The highest BCUT2D eigenvalue weighted by atomic mass is 19.3. The number of ether oxygens (including phenoxy) is 1. The number of H-pyrrole nitrogens is 1. The zero-order chi connectivity index (χ0) is 30.2. The summed E-state index contributed by atoms with van der Waals surface area (Å²) in [6.45, 7) is 4.62. The van der Waals surface area contributed by atoms with E-state index < -0.39 is 12.2 Å². The molecule has 0 spiro atoms. The van der Waals surface area contributed by atoms with Gasteiger partial charge in [0.05, 0.1) is 19.3 Å². The fraction of sp³-hybridized carbons (Fsp3) is 0.406. The van der Waals surface area contributed by atoms with Crippen molar-refractivity contribution >= 4 is 17.1 Å². The van der Waals surface area contributed by atoms with Gasteiger partial charge in [-0.2, -0.15) is 4.98 Å². The molecule has 1 saturated heterocycles. The third kappa shape index (κ3) is 5.49. The van der Waals surface area contributed by atoms with E-state index in [0.29, 0.717) is 60.6 Å². The minimum absolute atomic E-state index is 0.0362. The molecule has 10 nitrogen and oxygen atoms in total. The second-order valence-corrected chi connectivity index (χ2v) is 11.8. The van der Waals surface area contributed by atoms with E-state index in [1.807, 2.05) is 18.2 Å². The standard InChI is InChI=1S/C32H33F2N7O3/c1-19-10-12-20(13-11-19)17-41-26-25(22-8-5-9-23(16-22)27(33)34)35-29(30-38-32(42)44-39-30)36-28(26)37-31(41)40-14-15-43-18-24(40)21-6-3-2-4-7-21/h2-9,16,19-20,24,27H,10-15,17-18H2,1H3,(H,38,39,42)/t19?,20?,24-/m0/s1. The van der Waals surface area contributed by atoms with Gasteiger partial charge < -0.3 is 14.2 Å². The van der Waals surface area contributed by atoms with E-state index in [-0.39, 0.29) is 23.3 Å². The monoisotopic (exact) mass is 601 g/mol. The highest BCUT2D eigenvalue weighted by molar-refractivity contribution is 5.91. The number of anilines is 1. The second kappa shape index (κ2) is 11.9. The maximum Gasteiger partial charge on any atom is 0.439 e. The summed E-state index contributed by atoms with van der Waals surface area (Å²) in [4.78, 5) is 31.2. The van der Waals surface area contributed by atoms with Gasteiger partial charge in [-0.05, 0) is 36.3 Å². The molecule has 1 saturated carbocycles. The van der Waals surface area contributed by atoms with Crippen molar-refractivity contribution in [3.8, 4) is 22.9 Å². The average Bonchev–Trinajstić information content (AvgIpc) is 3.65. The maximum atomic E-state index is 13.9. The van der Waals surface area contributed by atoms with Crippen molar-refractivity contribution in [2.75, 3.05) is 24.7 Å². The van der Waals surface area contributed by atoms with Gasteiger partial charge in [-0.1, -0.05) is 73.5 Å². The number of imidazole rings is 1. The molecule has 1 aliphatic carbocycles. The van der Waals surface area contributed by atoms with Gasteiger partial charge in [-0.25, -0.2) is 23.5 Å². The summed E-state index contributed by atoms with van der Waals surface area (Å²) in [5.74, 6) is 1.20. The lowest BCUT2D eigenvalue weighted by atomic mass is 9.83. The van der Waals surface area contributed by atoms with Gasteiger partial charge in [-0.15, -0.1) is 0 Å². The lowest BCUT2D eigenvalue weighted by Gasteiger charge is -2.37. The molecular weight excluding hydrogens is 568 g/mol. The molecular formula is C32H33F2N7O3. The van der Waals surface area contributed by atoms with E-state index in [0.717, 1.165) is 37.2 Å². The third-order valence-corrected chi connectivity index (χ3v) is 8.79. The van der Waals surface area contributed by atoms with E-state index >= 15 is 0 Å². The zero-order valence-corrected chi connectivity index (χ0v) is 24.3. The Kier molecular flexibility index (Phi) is 7.67. The van der Waals surface area contributed by atoms with E-state index in [9.17, 15) is 13.6 Å². The fourth-order valence-electron chi connectivity index (χ4n) is 6.44. The molecule has 2 aromatic carbocycles. The first-order chi connectivity index (χ1) is 21.4. The maximum absolute atomic E-state index is 13.9. The molecule has 0 unspecified atom stereocenters. The summed E-state index contributed by atoms with van der Waals surface area (Å²) >= 11 is 0. The molecule has 1 aliphatic heterocycles. The number of rotatable bonds is 7. The minimum Gasteiger partial charge on any atom is -0.377 e. The van der Waals surface area contributed by atoms with Crippen molar-refractivity contribution in [1.29, 1.82) is 0 Å². The summed E-state index contributed by atoms with van der Waals surface area (Å²) < 4.78 is 40.6. The molecule has 1 N–H and O–H groups in total. The van der Waals surface area contributed by atoms with Gasteiger partial charge in [0.15, 0.2) is 5.65 Å². The molecule has 0 amide bonds. The second-order valence-electron chi connectivity index (χ2n) is 11.8. The lowest BCUT2D eigenvalue weighted by Crippen LogP contribution is -2.41. The zero-order valence-electron chi connectivity index (χ0n) is 24.3. The number of aromatic nitrogens is 6. The number of nitrogens with one attached hydrogen (secondary N) is 1. The van der Waals surface area contributed by atoms with Crippen LogP contribution in [0.5, 0.6) is 0 Å². The predicted octanol–water partition coefficient (Wildman–Crippen LogP) is 6.18. The highest BCUT2D eigenvalue weighted by Crippen LogP contribution is 2.39. The largest absolute Gasteiger partial charge is 0.439 e. The van der Waals surface area contributed by atoms with Crippen LogP contribution in [0, 0.1) is 11.8 Å². The Morgan fingerprint density at radius 1 is 1.02 bits per heavy atom. The number of alkyl halides is 2. The van der Waals surface area contributed by atoms with Gasteiger partial charge >= 0.3 is 5.76 Å². The molecule has 1 atom stereocenters. The number of aromatic amines is 1. The molecule has 0 radical (unpaired) electrons. The molecule has 4 heterocycles.